The second kappa shape index (κ2) is 7.96. The first-order valence-corrected chi connectivity index (χ1v) is 6.98. The molecule has 0 saturated heterocycles. The summed E-state index contributed by atoms with van der Waals surface area (Å²) in [5.74, 6) is -1.15. The average molecular weight is 331 g/mol. The van der Waals surface area contributed by atoms with Crippen LogP contribution in [0.1, 0.15) is 12.5 Å². The lowest BCUT2D eigenvalue weighted by Gasteiger charge is -2.24. The van der Waals surface area contributed by atoms with Gasteiger partial charge in [-0.05, 0) is 26.2 Å². The minimum atomic E-state index is -4.61. The van der Waals surface area contributed by atoms with Crippen LogP contribution in [0.3, 0.4) is 0 Å². The average Bonchev–Trinajstić information content (AvgIpc) is 2.43. The van der Waals surface area contributed by atoms with E-state index in [-0.39, 0.29) is 5.69 Å². The van der Waals surface area contributed by atoms with E-state index in [4.69, 9.17) is 0 Å². The number of carbonyl (C=O) groups is 2. The summed E-state index contributed by atoms with van der Waals surface area (Å²) in [6, 6.07) is 4.69. The van der Waals surface area contributed by atoms with Gasteiger partial charge in [-0.1, -0.05) is 12.1 Å². The molecule has 0 aliphatic rings. The molecule has 1 aromatic carbocycles. The lowest BCUT2D eigenvalue weighted by molar-refractivity contribution is -0.137. The zero-order valence-electron chi connectivity index (χ0n) is 13.3. The van der Waals surface area contributed by atoms with Crippen molar-refractivity contribution < 1.29 is 22.8 Å². The summed E-state index contributed by atoms with van der Waals surface area (Å²) in [5, 5.41) is 2.57. The van der Waals surface area contributed by atoms with Gasteiger partial charge in [0, 0.05) is 20.0 Å². The molecule has 2 amide bonds. The molecule has 0 bridgehead atoms. The van der Waals surface area contributed by atoms with Crippen LogP contribution in [-0.4, -0.2) is 50.4 Å². The highest BCUT2D eigenvalue weighted by Gasteiger charge is 2.35. The monoisotopic (exact) mass is 331 g/mol. The number of rotatable bonds is 6. The normalized spacial score (nSPS) is 11.4. The molecule has 1 aromatic rings. The fourth-order valence-corrected chi connectivity index (χ4v) is 1.93. The second-order valence-electron chi connectivity index (χ2n) is 5.27. The van der Waals surface area contributed by atoms with Gasteiger partial charge in [0.25, 0.3) is 0 Å². The topological polar surface area (TPSA) is 52.7 Å². The summed E-state index contributed by atoms with van der Waals surface area (Å²) in [5.41, 5.74) is -1.27. The van der Waals surface area contributed by atoms with Gasteiger partial charge in [0.2, 0.25) is 11.8 Å². The highest BCUT2D eigenvalue weighted by atomic mass is 19.4. The third-order valence-electron chi connectivity index (χ3n) is 3.06. The zero-order valence-corrected chi connectivity index (χ0v) is 13.3. The number of carbonyl (C=O) groups excluding carboxylic acids is 2. The first-order valence-electron chi connectivity index (χ1n) is 6.98. The highest BCUT2D eigenvalue weighted by Crippen LogP contribution is 2.36. The minimum Gasteiger partial charge on any atom is -0.353 e. The molecule has 0 saturated carbocycles. The molecule has 0 aliphatic carbocycles. The fourth-order valence-electron chi connectivity index (χ4n) is 1.93. The molecule has 5 nitrogen and oxygen atoms in total. The lowest BCUT2D eigenvalue weighted by atomic mass is 10.1. The van der Waals surface area contributed by atoms with Gasteiger partial charge in [0.1, 0.15) is 6.54 Å². The standard InChI is InChI=1S/C15H20F3N3O2/c1-11(22)21(10-14(23)19-8-9-20(2)3)13-7-5-4-6-12(13)15(16,17)18/h4-7H,8-10H2,1-3H3,(H,19,23). The van der Waals surface area contributed by atoms with Gasteiger partial charge in [-0.15, -0.1) is 0 Å². The number of nitrogens with one attached hydrogen (secondary N) is 1. The van der Waals surface area contributed by atoms with E-state index >= 15 is 0 Å². The summed E-state index contributed by atoms with van der Waals surface area (Å²) in [6.45, 7) is 1.60. The van der Waals surface area contributed by atoms with Crippen LogP contribution >= 0.6 is 0 Å². The maximum absolute atomic E-state index is 13.1. The molecule has 0 fully saturated rings. The van der Waals surface area contributed by atoms with Crippen LogP contribution in [0, 0.1) is 0 Å². The number of halogens is 3. The number of hydrogen-bond acceptors (Lipinski definition) is 3. The molecule has 0 radical (unpaired) electrons. The number of anilines is 1. The van der Waals surface area contributed by atoms with E-state index in [1.54, 1.807) is 0 Å². The zero-order chi connectivity index (χ0) is 17.6. The second-order valence-corrected chi connectivity index (χ2v) is 5.27. The molecular formula is C15H20F3N3O2. The van der Waals surface area contributed by atoms with Crippen LogP contribution in [0.2, 0.25) is 0 Å². The van der Waals surface area contributed by atoms with E-state index in [1.165, 1.54) is 18.2 Å². The molecule has 8 heteroatoms. The summed E-state index contributed by atoms with van der Waals surface area (Å²) in [7, 11) is 3.65. The number of nitrogens with zero attached hydrogens (tertiary/aromatic N) is 2. The van der Waals surface area contributed by atoms with Gasteiger partial charge in [0.15, 0.2) is 0 Å². The van der Waals surface area contributed by atoms with Crippen molar-refractivity contribution in [3.63, 3.8) is 0 Å². The van der Waals surface area contributed by atoms with E-state index in [0.29, 0.717) is 13.1 Å². The first-order chi connectivity index (χ1) is 10.6. The maximum atomic E-state index is 13.1. The van der Waals surface area contributed by atoms with E-state index in [0.717, 1.165) is 17.9 Å². The van der Waals surface area contributed by atoms with Crippen molar-refractivity contribution >= 4 is 17.5 Å². The quantitative estimate of drug-likeness (QED) is 0.864. The molecule has 0 spiro atoms. The maximum Gasteiger partial charge on any atom is 0.418 e. The molecule has 0 atom stereocenters. The largest absolute Gasteiger partial charge is 0.418 e. The third kappa shape index (κ3) is 5.90. The Kier molecular flexibility index (Phi) is 6.56. The molecule has 1 N–H and O–H groups in total. The first kappa shape index (κ1) is 19.0. The number of hydrogen-bond donors (Lipinski definition) is 1. The number of amides is 2. The van der Waals surface area contributed by atoms with Crippen molar-refractivity contribution in [3.05, 3.63) is 29.8 Å². The van der Waals surface area contributed by atoms with Gasteiger partial charge >= 0.3 is 6.18 Å². The summed E-state index contributed by atoms with van der Waals surface area (Å²) in [4.78, 5) is 26.3. The minimum absolute atomic E-state index is 0.324. The molecule has 0 heterocycles. The highest BCUT2D eigenvalue weighted by molar-refractivity contribution is 5.98. The molecule has 0 aliphatic heterocycles. The summed E-state index contributed by atoms with van der Waals surface area (Å²) >= 11 is 0. The molecular weight excluding hydrogens is 311 g/mol. The van der Waals surface area contributed by atoms with E-state index in [9.17, 15) is 22.8 Å². The number of alkyl halides is 3. The van der Waals surface area contributed by atoms with Crippen LogP contribution in [-0.2, 0) is 15.8 Å². The van der Waals surface area contributed by atoms with Crippen molar-refractivity contribution in [2.75, 3.05) is 38.6 Å². The predicted molar refractivity (Wildman–Crippen MR) is 81.0 cm³/mol. The van der Waals surface area contributed by atoms with Crippen molar-refractivity contribution in [2.45, 2.75) is 13.1 Å². The third-order valence-corrected chi connectivity index (χ3v) is 3.06. The lowest BCUT2D eigenvalue weighted by Crippen LogP contribution is -2.42. The Morgan fingerprint density at radius 3 is 2.30 bits per heavy atom. The van der Waals surface area contributed by atoms with Crippen LogP contribution in [0.4, 0.5) is 18.9 Å². The van der Waals surface area contributed by atoms with Crippen molar-refractivity contribution in [1.82, 2.24) is 10.2 Å². The van der Waals surface area contributed by atoms with Crippen LogP contribution in [0.15, 0.2) is 24.3 Å². The van der Waals surface area contributed by atoms with Crippen LogP contribution < -0.4 is 10.2 Å². The van der Waals surface area contributed by atoms with Crippen LogP contribution in [0.25, 0.3) is 0 Å². The molecule has 23 heavy (non-hydrogen) atoms. The van der Waals surface area contributed by atoms with Crippen LogP contribution in [0.5, 0.6) is 0 Å². The van der Waals surface area contributed by atoms with E-state index in [2.05, 4.69) is 5.32 Å². The Morgan fingerprint density at radius 2 is 1.78 bits per heavy atom. The van der Waals surface area contributed by atoms with Crippen molar-refractivity contribution in [3.8, 4) is 0 Å². The van der Waals surface area contributed by atoms with E-state index in [1.807, 2.05) is 19.0 Å². The Balaban J connectivity index is 2.92. The van der Waals surface area contributed by atoms with Gasteiger partial charge in [0.05, 0.1) is 11.3 Å². The number of likely N-dealkylation sites (N-methyl/N-ethyl adjacent to an activating group) is 1. The Labute approximate surface area is 133 Å². The smallest absolute Gasteiger partial charge is 0.353 e. The number of para-hydroxylation sites is 1. The fraction of sp³-hybridized carbons (Fsp3) is 0.467. The summed E-state index contributed by atoms with van der Waals surface area (Å²) < 4.78 is 39.2. The SMILES string of the molecule is CC(=O)N(CC(=O)NCCN(C)C)c1ccccc1C(F)(F)F. The van der Waals surface area contributed by atoms with Gasteiger partial charge < -0.3 is 15.1 Å². The predicted octanol–water partition coefficient (Wildman–Crippen LogP) is 1.74. The van der Waals surface area contributed by atoms with E-state index < -0.39 is 30.1 Å². The van der Waals surface area contributed by atoms with Gasteiger partial charge in [-0.2, -0.15) is 13.2 Å². The molecule has 1 rings (SSSR count). The summed E-state index contributed by atoms with van der Waals surface area (Å²) in [6.07, 6.45) is -4.61. The Hall–Kier alpha value is -2.09. The van der Waals surface area contributed by atoms with Crippen molar-refractivity contribution in [1.29, 1.82) is 0 Å². The van der Waals surface area contributed by atoms with Gasteiger partial charge in [-0.3, -0.25) is 9.59 Å². The Bertz CT molecular complexity index is 559. The number of benzene rings is 1. The van der Waals surface area contributed by atoms with Gasteiger partial charge in [-0.25, -0.2) is 0 Å². The van der Waals surface area contributed by atoms with Crippen molar-refractivity contribution in [2.24, 2.45) is 0 Å². The Morgan fingerprint density at radius 1 is 1.17 bits per heavy atom. The molecule has 0 unspecified atom stereocenters. The molecule has 0 aromatic heterocycles. The molecule has 128 valence electrons.